The van der Waals surface area contributed by atoms with Crippen LogP contribution in [-0.2, 0) is 0 Å². The lowest BCUT2D eigenvalue weighted by Crippen LogP contribution is -2.29. The zero-order valence-corrected chi connectivity index (χ0v) is 19.6. The number of nitrogens with zero attached hydrogens (tertiary/aromatic N) is 5. The van der Waals surface area contributed by atoms with Crippen LogP contribution in [0.2, 0.25) is 0 Å². The topological polar surface area (TPSA) is 95.9 Å². The van der Waals surface area contributed by atoms with Gasteiger partial charge in [-0.2, -0.15) is 0 Å². The van der Waals surface area contributed by atoms with Gasteiger partial charge in [0.15, 0.2) is 0 Å². The molecule has 4 heterocycles. The minimum Gasteiger partial charge on any atom is -0.370 e. The second kappa shape index (κ2) is 10.3. The molecule has 0 unspecified atom stereocenters. The summed E-state index contributed by atoms with van der Waals surface area (Å²) in [6.07, 6.45) is 12.2. The van der Waals surface area contributed by atoms with E-state index in [1.54, 1.807) is 24.8 Å². The largest absolute Gasteiger partial charge is 0.370 e. The Morgan fingerprint density at radius 1 is 0.943 bits per heavy atom. The smallest absolute Gasteiger partial charge is 0.257 e. The summed E-state index contributed by atoms with van der Waals surface area (Å²) in [7, 11) is 0. The van der Waals surface area contributed by atoms with Gasteiger partial charge >= 0.3 is 0 Å². The Labute approximate surface area is 204 Å². The minimum atomic E-state index is -0.194. The van der Waals surface area contributed by atoms with Gasteiger partial charge in [-0.05, 0) is 68.1 Å². The molecule has 1 aromatic carbocycles. The Hall–Kier alpha value is -4.33. The quantitative estimate of drug-likeness (QED) is 0.403. The van der Waals surface area contributed by atoms with Crippen molar-refractivity contribution < 1.29 is 4.79 Å². The SMILES string of the molecule is Cc1ccc(NC(=O)c2cncc(N3CCCCC3)c2)cc1Nc1nccc(-c2cccnc2)n1. The normalized spacial score (nSPS) is 13.3. The summed E-state index contributed by atoms with van der Waals surface area (Å²) < 4.78 is 0. The minimum absolute atomic E-state index is 0.194. The molecule has 0 bridgehead atoms. The van der Waals surface area contributed by atoms with E-state index in [1.807, 2.05) is 55.6 Å². The molecule has 5 rings (SSSR count). The van der Waals surface area contributed by atoms with Crippen molar-refractivity contribution in [1.82, 2.24) is 19.9 Å². The maximum atomic E-state index is 13.0. The monoisotopic (exact) mass is 465 g/mol. The molecular formula is C27H27N7O. The highest BCUT2D eigenvalue weighted by Crippen LogP contribution is 2.25. The van der Waals surface area contributed by atoms with Crippen LogP contribution in [0.25, 0.3) is 11.3 Å². The summed E-state index contributed by atoms with van der Waals surface area (Å²) >= 11 is 0. The van der Waals surface area contributed by atoms with Gasteiger partial charge in [-0.15, -0.1) is 0 Å². The predicted octanol–water partition coefficient (Wildman–Crippen LogP) is 5.23. The number of piperidine rings is 1. The Morgan fingerprint density at radius 3 is 2.66 bits per heavy atom. The molecule has 1 saturated heterocycles. The van der Waals surface area contributed by atoms with E-state index in [9.17, 15) is 4.79 Å². The van der Waals surface area contributed by atoms with E-state index in [0.717, 1.165) is 41.3 Å². The van der Waals surface area contributed by atoms with Gasteiger partial charge in [0.25, 0.3) is 5.91 Å². The predicted molar refractivity (Wildman–Crippen MR) is 138 cm³/mol. The van der Waals surface area contributed by atoms with Crippen LogP contribution in [0.5, 0.6) is 0 Å². The van der Waals surface area contributed by atoms with Gasteiger partial charge in [-0.3, -0.25) is 14.8 Å². The maximum absolute atomic E-state index is 13.0. The van der Waals surface area contributed by atoms with Crippen LogP contribution in [0.1, 0.15) is 35.2 Å². The number of aromatic nitrogens is 4. The molecule has 1 aliphatic heterocycles. The van der Waals surface area contributed by atoms with Gasteiger partial charge in [0.05, 0.1) is 23.1 Å². The van der Waals surface area contributed by atoms with Crippen molar-refractivity contribution in [1.29, 1.82) is 0 Å². The van der Waals surface area contributed by atoms with Crippen LogP contribution in [-0.4, -0.2) is 38.9 Å². The van der Waals surface area contributed by atoms with Crippen LogP contribution in [0.4, 0.5) is 23.0 Å². The molecular weight excluding hydrogens is 438 g/mol. The molecule has 0 saturated carbocycles. The summed E-state index contributed by atoms with van der Waals surface area (Å²) in [4.78, 5) is 32.7. The van der Waals surface area contributed by atoms with E-state index in [4.69, 9.17) is 0 Å². The fourth-order valence-electron chi connectivity index (χ4n) is 4.13. The number of nitrogens with one attached hydrogen (secondary N) is 2. The molecule has 3 aromatic heterocycles. The molecule has 0 aliphatic carbocycles. The molecule has 1 aliphatic rings. The second-order valence-corrected chi connectivity index (χ2v) is 8.60. The van der Waals surface area contributed by atoms with Crippen molar-refractivity contribution in [2.75, 3.05) is 28.6 Å². The molecule has 35 heavy (non-hydrogen) atoms. The van der Waals surface area contributed by atoms with Gasteiger partial charge in [-0.1, -0.05) is 6.07 Å². The number of benzene rings is 1. The van der Waals surface area contributed by atoms with Gasteiger partial charge in [0.2, 0.25) is 5.95 Å². The molecule has 1 amide bonds. The summed E-state index contributed by atoms with van der Waals surface area (Å²) in [5.41, 5.74) is 5.72. The molecule has 8 nitrogen and oxygen atoms in total. The van der Waals surface area contributed by atoms with Gasteiger partial charge in [0, 0.05) is 54.8 Å². The van der Waals surface area contributed by atoms with Crippen LogP contribution >= 0.6 is 0 Å². The highest BCUT2D eigenvalue weighted by atomic mass is 16.1. The van der Waals surface area contributed by atoms with Crippen molar-refractivity contribution in [3.8, 4) is 11.3 Å². The fourth-order valence-corrected chi connectivity index (χ4v) is 4.13. The summed E-state index contributed by atoms with van der Waals surface area (Å²) in [6.45, 7) is 4.00. The lowest BCUT2D eigenvalue weighted by atomic mass is 10.1. The van der Waals surface area contributed by atoms with E-state index < -0.39 is 0 Å². The van der Waals surface area contributed by atoms with Crippen LogP contribution in [0.15, 0.2) is 73.4 Å². The molecule has 4 aromatic rings. The number of anilines is 4. The number of hydrogen-bond acceptors (Lipinski definition) is 7. The Kier molecular flexibility index (Phi) is 6.61. The van der Waals surface area contributed by atoms with Gasteiger partial charge in [-0.25, -0.2) is 9.97 Å². The van der Waals surface area contributed by atoms with Gasteiger partial charge in [0.1, 0.15) is 0 Å². The number of rotatable bonds is 6. The first kappa shape index (κ1) is 22.5. The third kappa shape index (κ3) is 5.43. The summed E-state index contributed by atoms with van der Waals surface area (Å²) in [6, 6.07) is 13.3. The second-order valence-electron chi connectivity index (χ2n) is 8.60. The number of carbonyl (C=O) groups is 1. The van der Waals surface area contributed by atoms with E-state index >= 15 is 0 Å². The van der Waals surface area contributed by atoms with Crippen LogP contribution in [0.3, 0.4) is 0 Å². The lowest BCUT2D eigenvalue weighted by Gasteiger charge is -2.28. The highest BCUT2D eigenvalue weighted by Gasteiger charge is 2.14. The van der Waals surface area contributed by atoms with E-state index in [1.165, 1.54) is 19.3 Å². The average Bonchev–Trinajstić information content (AvgIpc) is 2.92. The number of hydrogen-bond donors (Lipinski definition) is 2. The van der Waals surface area contributed by atoms with Crippen molar-refractivity contribution in [2.45, 2.75) is 26.2 Å². The number of pyridine rings is 2. The Balaban J connectivity index is 1.31. The fraction of sp³-hybridized carbons (Fsp3) is 0.222. The molecule has 0 radical (unpaired) electrons. The van der Waals surface area contributed by atoms with Crippen molar-refractivity contribution in [2.24, 2.45) is 0 Å². The first-order valence-corrected chi connectivity index (χ1v) is 11.8. The Bertz CT molecular complexity index is 1320. The zero-order valence-electron chi connectivity index (χ0n) is 19.6. The van der Waals surface area contributed by atoms with E-state index in [0.29, 0.717) is 17.2 Å². The van der Waals surface area contributed by atoms with Crippen molar-refractivity contribution >= 4 is 28.9 Å². The average molecular weight is 466 g/mol. The summed E-state index contributed by atoms with van der Waals surface area (Å²) in [5, 5.41) is 6.27. The van der Waals surface area contributed by atoms with Gasteiger partial charge < -0.3 is 15.5 Å². The first-order chi connectivity index (χ1) is 17.2. The van der Waals surface area contributed by atoms with Crippen LogP contribution < -0.4 is 15.5 Å². The zero-order chi connectivity index (χ0) is 24.0. The molecule has 0 spiro atoms. The van der Waals surface area contributed by atoms with Crippen LogP contribution in [0, 0.1) is 6.92 Å². The number of carbonyl (C=O) groups excluding carboxylic acids is 1. The Morgan fingerprint density at radius 2 is 1.83 bits per heavy atom. The number of aryl methyl sites for hydroxylation is 1. The summed E-state index contributed by atoms with van der Waals surface area (Å²) in [5.74, 6) is 0.275. The van der Waals surface area contributed by atoms with E-state index in [2.05, 4.69) is 35.5 Å². The molecule has 0 atom stereocenters. The molecule has 176 valence electrons. The third-order valence-electron chi connectivity index (χ3n) is 6.06. The van der Waals surface area contributed by atoms with E-state index in [-0.39, 0.29) is 5.91 Å². The van der Waals surface area contributed by atoms with Crippen molar-refractivity contribution in [3.05, 3.63) is 84.6 Å². The maximum Gasteiger partial charge on any atom is 0.257 e. The molecule has 2 N–H and O–H groups in total. The van der Waals surface area contributed by atoms with Crippen molar-refractivity contribution in [3.63, 3.8) is 0 Å². The standard InChI is InChI=1S/C27H27N7O/c1-19-7-8-22(31-26(35)21-14-23(18-29-17-21)34-12-3-2-4-13-34)15-25(19)33-27-30-11-9-24(32-27)20-6-5-10-28-16-20/h5-11,14-18H,2-4,12-13H2,1H3,(H,31,35)(H,30,32,33). The highest BCUT2D eigenvalue weighted by molar-refractivity contribution is 6.04. The molecule has 1 fully saturated rings. The lowest BCUT2D eigenvalue weighted by molar-refractivity contribution is 0.102. The first-order valence-electron chi connectivity index (χ1n) is 11.8. The number of amides is 1. The molecule has 8 heteroatoms. The third-order valence-corrected chi connectivity index (χ3v) is 6.06.